The van der Waals surface area contributed by atoms with Gasteiger partial charge >= 0.3 is 0 Å². The van der Waals surface area contributed by atoms with E-state index in [9.17, 15) is 8.78 Å². The average Bonchev–Trinajstić information content (AvgIpc) is 2.44. The van der Waals surface area contributed by atoms with Crippen molar-refractivity contribution in [2.24, 2.45) is 0 Å². The van der Waals surface area contributed by atoms with Crippen molar-refractivity contribution in [3.05, 3.63) is 35.4 Å². The number of likely N-dealkylation sites (tertiary alicyclic amines) is 1. The summed E-state index contributed by atoms with van der Waals surface area (Å²) in [5.74, 6) is -1.47. The maximum Gasteiger partial charge on any atom is 0.162 e. The largest absolute Gasteiger partial charge is 0.313 e. The Labute approximate surface area is 120 Å². The van der Waals surface area contributed by atoms with E-state index in [2.05, 4.69) is 17.1 Å². The summed E-state index contributed by atoms with van der Waals surface area (Å²) in [4.78, 5) is 2.48. The second-order valence-electron chi connectivity index (χ2n) is 5.68. The van der Waals surface area contributed by atoms with Crippen LogP contribution in [0.25, 0.3) is 0 Å². The molecule has 1 aliphatic rings. The molecule has 0 amide bonds. The van der Waals surface area contributed by atoms with Crippen LogP contribution in [0.3, 0.4) is 0 Å². The van der Waals surface area contributed by atoms with Gasteiger partial charge in [-0.3, -0.25) is 0 Å². The lowest BCUT2D eigenvalue weighted by molar-refractivity contribution is 0.209. The SMILES string of the molecule is CC(CN1CCCCC1)NCCc1cccc(F)c1F. The van der Waals surface area contributed by atoms with E-state index in [0.29, 0.717) is 24.6 Å². The molecule has 1 aromatic rings. The molecule has 1 atom stereocenters. The van der Waals surface area contributed by atoms with Gasteiger partial charge in [0.2, 0.25) is 0 Å². The van der Waals surface area contributed by atoms with Crippen LogP contribution in [0.1, 0.15) is 31.7 Å². The first kappa shape index (κ1) is 15.4. The number of hydrogen-bond donors (Lipinski definition) is 1. The molecule has 4 heteroatoms. The Balaban J connectivity index is 1.70. The van der Waals surface area contributed by atoms with Crippen LogP contribution in [-0.4, -0.2) is 37.1 Å². The van der Waals surface area contributed by atoms with Crippen LogP contribution in [0.4, 0.5) is 8.78 Å². The zero-order valence-corrected chi connectivity index (χ0v) is 12.2. The van der Waals surface area contributed by atoms with Crippen molar-refractivity contribution in [1.29, 1.82) is 0 Å². The van der Waals surface area contributed by atoms with Crippen LogP contribution >= 0.6 is 0 Å². The number of piperidine rings is 1. The highest BCUT2D eigenvalue weighted by atomic mass is 19.2. The lowest BCUT2D eigenvalue weighted by Crippen LogP contribution is -2.42. The number of halogens is 2. The number of nitrogens with zero attached hydrogens (tertiary/aromatic N) is 1. The highest BCUT2D eigenvalue weighted by Gasteiger charge is 2.13. The Bertz CT molecular complexity index is 417. The Morgan fingerprint density at radius 3 is 2.70 bits per heavy atom. The van der Waals surface area contributed by atoms with E-state index in [1.807, 2.05) is 0 Å². The topological polar surface area (TPSA) is 15.3 Å². The van der Waals surface area contributed by atoms with Crippen LogP contribution in [-0.2, 0) is 6.42 Å². The number of rotatable bonds is 6. The third-order valence-corrected chi connectivity index (χ3v) is 3.90. The van der Waals surface area contributed by atoms with E-state index < -0.39 is 11.6 Å². The van der Waals surface area contributed by atoms with Crippen LogP contribution in [0.5, 0.6) is 0 Å². The second kappa shape index (κ2) is 7.70. The van der Waals surface area contributed by atoms with Gasteiger partial charge in [-0.1, -0.05) is 18.6 Å². The molecule has 0 bridgehead atoms. The molecule has 0 aliphatic carbocycles. The van der Waals surface area contributed by atoms with Crippen molar-refractivity contribution in [1.82, 2.24) is 10.2 Å². The highest BCUT2D eigenvalue weighted by molar-refractivity contribution is 5.19. The van der Waals surface area contributed by atoms with Gasteiger partial charge in [0, 0.05) is 12.6 Å². The lowest BCUT2D eigenvalue weighted by Gasteiger charge is -2.29. The minimum atomic E-state index is -0.760. The number of nitrogens with one attached hydrogen (secondary N) is 1. The van der Waals surface area contributed by atoms with Gasteiger partial charge in [-0.15, -0.1) is 0 Å². The second-order valence-corrected chi connectivity index (χ2v) is 5.68. The van der Waals surface area contributed by atoms with E-state index >= 15 is 0 Å². The van der Waals surface area contributed by atoms with Gasteiger partial charge in [0.25, 0.3) is 0 Å². The van der Waals surface area contributed by atoms with Crippen molar-refractivity contribution < 1.29 is 8.78 Å². The molecule has 1 aliphatic heterocycles. The Kier molecular flexibility index (Phi) is 5.92. The molecule has 0 aromatic heterocycles. The standard InChI is InChI=1S/C16H24F2N2/c1-13(12-20-10-3-2-4-11-20)19-9-8-14-6-5-7-15(17)16(14)18/h5-7,13,19H,2-4,8-12H2,1H3. The monoisotopic (exact) mass is 282 g/mol. The fourth-order valence-electron chi connectivity index (χ4n) is 2.79. The molecular weight excluding hydrogens is 258 g/mol. The minimum Gasteiger partial charge on any atom is -0.313 e. The van der Waals surface area contributed by atoms with Gasteiger partial charge < -0.3 is 10.2 Å². The van der Waals surface area contributed by atoms with Crippen LogP contribution in [0, 0.1) is 11.6 Å². The van der Waals surface area contributed by atoms with Gasteiger partial charge in [-0.2, -0.15) is 0 Å². The van der Waals surface area contributed by atoms with Gasteiger partial charge in [0.05, 0.1) is 0 Å². The van der Waals surface area contributed by atoms with Gasteiger partial charge in [-0.05, 0) is 57.5 Å². The molecule has 1 fully saturated rings. The van der Waals surface area contributed by atoms with E-state index in [0.717, 1.165) is 12.6 Å². The molecule has 2 nitrogen and oxygen atoms in total. The summed E-state index contributed by atoms with van der Waals surface area (Å²) >= 11 is 0. The maximum absolute atomic E-state index is 13.5. The fraction of sp³-hybridized carbons (Fsp3) is 0.625. The third kappa shape index (κ3) is 4.53. The number of benzene rings is 1. The van der Waals surface area contributed by atoms with Gasteiger partial charge in [0.1, 0.15) is 0 Å². The molecule has 112 valence electrons. The van der Waals surface area contributed by atoms with E-state index in [1.54, 1.807) is 12.1 Å². The van der Waals surface area contributed by atoms with Crippen molar-refractivity contribution in [3.63, 3.8) is 0 Å². The Morgan fingerprint density at radius 2 is 1.95 bits per heavy atom. The smallest absolute Gasteiger partial charge is 0.162 e. The first-order valence-electron chi connectivity index (χ1n) is 7.55. The van der Waals surface area contributed by atoms with E-state index in [-0.39, 0.29) is 0 Å². The molecule has 0 spiro atoms. The van der Waals surface area contributed by atoms with Crippen LogP contribution in [0.15, 0.2) is 18.2 Å². The lowest BCUT2D eigenvalue weighted by atomic mass is 10.1. The van der Waals surface area contributed by atoms with Crippen molar-refractivity contribution >= 4 is 0 Å². The molecule has 2 rings (SSSR count). The quantitative estimate of drug-likeness (QED) is 0.863. The first-order chi connectivity index (χ1) is 9.66. The molecule has 0 radical (unpaired) electrons. The fourth-order valence-corrected chi connectivity index (χ4v) is 2.79. The van der Waals surface area contributed by atoms with Gasteiger partial charge in [-0.25, -0.2) is 8.78 Å². The normalized spacial score (nSPS) is 18.1. The predicted octanol–water partition coefficient (Wildman–Crippen LogP) is 2.97. The summed E-state index contributed by atoms with van der Waals surface area (Å²) in [6.45, 7) is 6.23. The first-order valence-corrected chi connectivity index (χ1v) is 7.55. The highest BCUT2D eigenvalue weighted by Crippen LogP contribution is 2.12. The predicted molar refractivity (Wildman–Crippen MR) is 77.8 cm³/mol. The molecule has 0 saturated carbocycles. The Hall–Kier alpha value is -1.00. The summed E-state index contributed by atoms with van der Waals surface area (Å²) in [5.41, 5.74) is 0.447. The summed E-state index contributed by atoms with van der Waals surface area (Å²) in [5, 5.41) is 3.39. The third-order valence-electron chi connectivity index (χ3n) is 3.90. The molecular formula is C16H24F2N2. The molecule has 1 saturated heterocycles. The van der Waals surface area contributed by atoms with E-state index in [4.69, 9.17) is 0 Å². The molecule has 1 N–H and O–H groups in total. The Morgan fingerprint density at radius 1 is 1.20 bits per heavy atom. The molecule has 1 aromatic carbocycles. The van der Waals surface area contributed by atoms with Crippen molar-refractivity contribution in [2.45, 2.75) is 38.6 Å². The van der Waals surface area contributed by atoms with Gasteiger partial charge in [0.15, 0.2) is 11.6 Å². The summed E-state index contributed by atoms with van der Waals surface area (Å²) in [6, 6.07) is 4.75. The zero-order valence-electron chi connectivity index (χ0n) is 12.2. The maximum atomic E-state index is 13.5. The number of hydrogen-bond acceptors (Lipinski definition) is 2. The van der Waals surface area contributed by atoms with Crippen LogP contribution in [0.2, 0.25) is 0 Å². The van der Waals surface area contributed by atoms with E-state index in [1.165, 1.54) is 32.4 Å². The molecule has 1 unspecified atom stereocenters. The summed E-state index contributed by atoms with van der Waals surface area (Å²) < 4.78 is 26.6. The molecule has 20 heavy (non-hydrogen) atoms. The van der Waals surface area contributed by atoms with Crippen molar-refractivity contribution in [2.75, 3.05) is 26.2 Å². The zero-order chi connectivity index (χ0) is 14.4. The minimum absolute atomic E-state index is 0.379. The molecule has 1 heterocycles. The van der Waals surface area contributed by atoms with Crippen molar-refractivity contribution in [3.8, 4) is 0 Å². The van der Waals surface area contributed by atoms with Crippen LogP contribution < -0.4 is 5.32 Å². The average molecular weight is 282 g/mol. The summed E-state index contributed by atoms with van der Waals surface area (Å²) in [6.07, 6.45) is 4.45. The summed E-state index contributed by atoms with van der Waals surface area (Å²) in [7, 11) is 0.